The van der Waals surface area contributed by atoms with Gasteiger partial charge in [0.05, 0.1) is 11.4 Å². The number of nitrogens with one attached hydrogen (secondary N) is 1. The summed E-state index contributed by atoms with van der Waals surface area (Å²) in [5.74, 6) is 0. The molecule has 0 aromatic rings. The Morgan fingerprint density at radius 2 is 2.11 bits per heavy atom. The molecule has 1 aliphatic rings. The smallest absolute Gasteiger partial charge is 0.0854 e. The first-order valence-corrected chi connectivity index (χ1v) is 6.29. The molecule has 0 bridgehead atoms. The van der Waals surface area contributed by atoms with Gasteiger partial charge in [0.25, 0.3) is 0 Å². The molecule has 5 N–H and O–H groups in total. The first-order valence-electron chi connectivity index (χ1n) is 6.29. The van der Waals surface area contributed by atoms with Crippen molar-refractivity contribution in [1.29, 1.82) is 5.41 Å². The molecule has 0 atom stereocenters. The van der Waals surface area contributed by atoms with E-state index in [0.717, 1.165) is 17.6 Å². The first-order chi connectivity index (χ1) is 9.06. The quantitative estimate of drug-likeness (QED) is 0.722. The second-order valence-corrected chi connectivity index (χ2v) is 4.18. The van der Waals surface area contributed by atoms with Gasteiger partial charge in [0.1, 0.15) is 0 Å². The minimum absolute atomic E-state index is 0.290. The molecule has 0 saturated heterocycles. The van der Waals surface area contributed by atoms with Gasteiger partial charge in [-0.1, -0.05) is 50.0 Å². The Hall–Kier alpha value is -2.29. The molecule has 0 unspecified atom stereocenters. The highest BCUT2D eigenvalue weighted by Gasteiger charge is 2.17. The number of rotatable bonds is 4. The molecule has 3 nitrogen and oxygen atoms in total. The van der Waals surface area contributed by atoms with E-state index >= 15 is 0 Å². The lowest BCUT2D eigenvalue weighted by molar-refractivity contribution is 1.17. The molecule has 1 aliphatic carbocycles. The van der Waals surface area contributed by atoms with Crippen molar-refractivity contribution in [3.05, 3.63) is 71.1 Å². The van der Waals surface area contributed by atoms with Gasteiger partial charge in [-0.05, 0) is 18.9 Å². The van der Waals surface area contributed by atoms with Crippen LogP contribution in [0.25, 0.3) is 0 Å². The molecule has 100 valence electrons. The van der Waals surface area contributed by atoms with Gasteiger partial charge >= 0.3 is 0 Å². The predicted molar refractivity (Wildman–Crippen MR) is 82.7 cm³/mol. The van der Waals surface area contributed by atoms with Crippen LogP contribution < -0.4 is 11.5 Å². The molecule has 0 radical (unpaired) electrons. The zero-order chi connectivity index (χ0) is 14.4. The van der Waals surface area contributed by atoms with E-state index in [4.69, 9.17) is 16.9 Å². The third-order valence-corrected chi connectivity index (χ3v) is 2.85. The van der Waals surface area contributed by atoms with Crippen LogP contribution in [0.3, 0.4) is 0 Å². The highest BCUT2D eigenvalue weighted by molar-refractivity contribution is 6.14. The Kier molecular flexibility index (Phi) is 5.12. The van der Waals surface area contributed by atoms with E-state index < -0.39 is 0 Å². The molecular formula is C16H21N3. The monoisotopic (exact) mass is 255 g/mol. The summed E-state index contributed by atoms with van der Waals surface area (Å²) in [4.78, 5) is 0. The molecule has 0 spiro atoms. The molecule has 0 fully saturated rings. The zero-order valence-corrected chi connectivity index (χ0v) is 11.5. The molecule has 19 heavy (non-hydrogen) atoms. The van der Waals surface area contributed by atoms with Crippen LogP contribution in [0.5, 0.6) is 0 Å². The Bertz CT molecular complexity index is 540. The molecular weight excluding hydrogens is 234 g/mol. The van der Waals surface area contributed by atoms with Crippen LogP contribution in [0, 0.1) is 5.41 Å². The average molecular weight is 255 g/mol. The fourth-order valence-corrected chi connectivity index (χ4v) is 1.90. The van der Waals surface area contributed by atoms with Crippen molar-refractivity contribution in [3.63, 3.8) is 0 Å². The van der Waals surface area contributed by atoms with Crippen LogP contribution in [0.4, 0.5) is 0 Å². The summed E-state index contributed by atoms with van der Waals surface area (Å²) in [5, 5.41) is 8.16. The maximum atomic E-state index is 8.16. The van der Waals surface area contributed by atoms with E-state index in [-0.39, 0.29) is 5.71 Å². The summed E-state index contributed by atoms with van der Waals surface area (Å²) in [6, 6.07) is 0. The van der Waals surface area contributed by atoms with Crippen LogP contribution in [0.2, 0.25) is 0 Å². The molecule has 0 aromatic heterocycles. The second-order valence-electron chi connectivity index (χ2n) is 4.18. The number of hydrogen-bond acceptors (Lipinski definition) is 3. The van der Waals surface area contributed by atoms with Crippen molar-refractivity contribution in [2.24, 2.45) is 11.5 Å². The summed E-state index contributed by atoms with van der Waals surface area (Å²) in [7, 11) is 0. The summed E-state index contributed by atoms with van der Waals surface area (Å²) in [6.45, 7) is 7.70. The fourth-order valence-electron chi connectivity index (χ4n) is 1.90. The van der Waals surface area contributed by atoms with E-state index in [2.05, 4.69) is 6.58 Å². The topological polar surface area (TPSA) is 75.9 Å². The largest absolute Gasteiger partial charge is 0.398 e. The highest BCUT2D eigenvalue weighted by Crippen LogP contribution is 2.23. The first kappa shape index (κ1) is 14.8. The standard InChI is InChI=1S/C16H21N3/c1-4-7-11-9-10-13(16(19)15(11)18)12(6-3)14(17)8-5-2/h4,6-10,19H,3,5,17-18H2,1-2H3/b7-4-,13-12+,14-8-,19-16?. The summed E-state index contributed by atoms with van der Waals surface area (Å²) >= 11 is 0. The van der Waals surface area contributed by atoms with Crippen molar-refractivity contribution >= 4 is 5.71 Å². The van der Waals surface area contributed by atoms with Crippen molar-refractivity contribution in [1.82, 2.24) is 0 Å². The zero-order valence-electron chi connectivity index (χ0n) is 11.5. The van der Waals surface area contributed by atoms with Crippen LogP contribution in [-0.2, 0) is 0 Å². The molecule has 0 heterocycles. The molecule has 0 saturated carbocycles. The number of hydrogen-bond donors (Lipinski definition) is 3. The third kappa shape index (κ3) is 3.13. The molecule has 0 amide bonds. The second kappa shape index (κ2) is 6.59. The maximum Gasteiger partial charge on any atom is 0.0854 e. The summed E-state index contributed by atoms with van der Waals surface area (Å²) < 4.78 is 0. The molecule has 0 aromatic carbocycles. The van der Waals surface area contributed by atoms with E-state index in [0.29, 0.717) is 17.0 Å². The van der Waals surface area contributed by atoms with Gasteiger partial charge in [-0.25, -0.2) is 0 Å². The van der Waals surface area contributed by atoms with Gasteiger partial charge in [-0.15, -0.1) is 0 Å². The van der Waals surface area contributed by atoms with E-state index in [1.807, 2.05) is 44.2 Å². The van der Waals surface area contributed by atoms with Crippen molar-refractivity contribution < 1.29 is 0 Å². The van der Waals surface area contributed by atoms with Gasteiger partial charge in [0.2, 0.25) is 0 Å². The van der Waals surface area contributed by atoms with Gasteiger partial charge in [0, 0.05) is 16.8 Å². The van der Waals surface area contributed by atoms with Gasteiger partial charge in [0.15, 0.2) is 0 Å². The van der Waals surface area contributed by atoms with Gasteiger partial charge in [-0.2, -0.15) is 0 Å². The normalized spacial score (nSPS) is 19.3. The predicted octanol–water partition coefficient (Wildman–Crippen LogP) is 3.10. The van der Waals surface area contributed by atoms with Gasteiger partial charge in [-0.3, -0.25) is 5.41 Å². The minimum Gasteiger partial charge on any atom is -0.398 e. The van der Waals surface area contributed by atoms with Crippen LogP contribution in [0.1, 0.15) is 20.3 Å². The molecule has 1 rings (SSSR count). The van der Waals surface area contributed by atoms with Crippen LogP contribution in [-0.4, -0.2) is 5.71 Å². The highest BCUT2D eigenvalue weighted by atomic mass is 14.7. The van der Waals surface area contributed by atoms with E-state index in [1.165, 1.54) is 0 Å². The van der Waals surface area contributed by atoms with E-state index in [1.54, 1.807) is 6.08 Å². The summed E-state index contributed by atoms with van der Waals surface area (Å²) in [6.07, 6.45) is 12.0. The third-order valence-electron chi connectivity index (χ3n) is 2.85. The Balaban J connectivity index is 3.33. The summed E-state index contributed by atoms with van der Waals surface area (Å²) in [5.41, 5.74) is 15.7. The maximum absolute atomic E-state index is 8.16. The van der Waals surface area contributed by atoms with Gasteiger partial charge < -0.3 is 11.5 Å². The SMILES string of the molecule is C=CC(/C(N)=C/CC)=C1/C=CC(/C=C\C)=C(N)C1=N. The van der Waals surface area contributed by atoms with Crippen molar-refractivity contribution in [2.45, 2.75) is 20.3 Å². The Labute approximate surface area is 114 Å². The lowest BCUT2D eigenvalue weighted by Gasteiger charge is -2.17. The van der Waals surface area contributed by atoms with Crippen LogP contribution >= 0.6 is 0 Å². The Morgan fingerprint density at radius 1 is 1.42 bits per heavy atom. The lowest BCUT2D eigenvalue weighted by atomic mass is 9.91. The van der Waals surface area contributed by atoms with Crippen molar-refractivity contribution in [2.75, 3.05) is 0 Å². The molecule has 0 aliphatic heterocycles. The van der Waals surface area contributed by atoms with E-state index in [9.17, 15) is 0 Å². The Morgan fingerprint density at radius 3 is 2.63 bits per heavy atom. The number of allylic oxidation sites excluding steroid dienone is 8. The molecule has 3 heteroatoms. The van der Waals surface area contributed by atoms with Crippen LogP contribution in [0.15, 0.2) is 71.1 Å². The average Bonchev–Trinajstić information content (AvgIpc) is 2.39. The fraction of sp³-hybridized carbons (Fsp3) is 0.188. The number of nitrogens with two attached hydrogens (primary N) is 2. The lowest BCUT2D eigenvalue weighted by Crippen LogP contribution is -2.19. The minimum atomic E-state index is 0.290. The van der Waals surface area contributed by atoms with Crippen molar-refractivity contribution in [3.8, 4) is 0 Å².